The number of ether oxygens (including phenoxy) is 3. The SMILES string of the molecule is CCN(C[C@@H]1CCCCO1)C(=O)c1oc2c(OC)c(OC)ccc2c1C. The molecule has 1 aliphatic rings. The van der Waals surface area contributed by atoms with E-state index in [9.17, 15) is 4.79 Å². The predicted octanol–water partition coefficient (Wildman–Crippen LogP) is 3.79. The van der Waals surface area contributed by atoms with Crippen LogP contribution in [-0.2, 0) is 4.74 Å². The van der Waals surface area contributed by atoms with Crippen LogP contribution in [0.4, 0.5) is 0 Å². The van der Waals surface area contributed by atoms with Crippen molar-refractivity contribution in [2.24, 2.45) is 0 Å². The number of carbonyl (C=O) groups is 1. The van der Waals surface area contributed by atoms with Gasteiger partial charge in [-0.15, -0.1) is 0 Å². The molecule has 0 bridgehead atoms. The second-order valence-corrected chi connectivity index (χ2v) is 6.57. The molecule has 1 atom stereocenters. The second kappa shape index (κ2) is 7.99. The summed E-state index contributed by atoms with van der Waals surface area (Å²) in [5.41, 5.74) is 1.35. The van der Waals surface area contributed by atoms with Crippen LogP contribution in [0.25, 0.3) is 11.0 Å². The minimum Gasteiger partial charge on any atom is -0.493 e. The number of carbonyl (C=O) groups excluding carboxylic acids is 1. The van der Waals surface area contributed by atoms with Gasteiger partial charge in [0.05, 0.1) is 20.3 Å². The van der Waals surface area contributed by atoms with Crippen LogP contribution in [0.15, 0.2) is 16.5 Å². The average Bonchev–Trinajstić information content (AvgIpc) is 3.02. The fourth-order valence-electron chi connectivity index (χ4n) is 3.50. The van der Waals surface area contributed by atoms with Gasteiger partial charge in [-0.05, 0) is 45.2 Å². The Labute approximate surface area is 154 Å². The summed E-state index contributed by atoms with van der Waals surface area (Å²) in [6.07, 6.45) is 3.35. The summed E-state index contributed by atoms with van der Waals surface area (Å²) in [6, 6.07) is 3.72. The molecule has 0 N–H and O–H groups in total. The highest BCUT2D eigenvalue weighted by Gasteiger charge is 2.27. The number of benzene rings is 1. The summed E-state index contributed by atoms with van der Waals surface area (Å²) in [5, 5.41) is 0.857. The van der Waals surface area contributed by atoms with Crippen molar-refractivity contribution in [3.63, 3.8) is 0 Å². The van der Waals surface area contributed by atoms with Gasteiger partial charge in [0.25, 0.3) is 5.91 Å². The van der Waals surface area contributed by atoms with E-state index in [1.54, 1.807) is 19.1 Å². The molecule has 1 aromatic heterocycles. The van der Waals surface area contributed by atoms with Gasteiger partial charge in [-0.25, -0.2) is 0 Å². The third-order valence-corrected chi connectivity index (χ3v) is 5.01. The first kappa shape index (κ1) is 18.6. The van der Waals surface area contributed by atoms with E-state index in [0.29, 0.717) is 35.9 Å². The van der Waals surface area contributed by atoms with Crippen molar-refractivity contribution in [1.82, 2.24) is 4.90 Å². The molecule has 0 saturated carbocycles. The van der Waals surface area contributed by atoms with E-state index in [1.807, 2.05) is 26.0 Å². The molecule has 2 heterocycles. The molecule has 2 aromatic rings. The average molecular weight is 361 g/mol. The van der Waals surface area contributed by atoms with Crippen molar-refractivity contribution < 1.29 is 23.4 Å². The number of nitrogens with zero attached hydrogens (tertiary/aromatic N) is 1. The Kier molecular flexibility index (Phi) is 5.71. The molecule has 142 valence electrons. The number of methoxy groups -OCH3 is 2. The molecule has 0 unspecified atom stereocenters. The van der Waals surface area contributed by atoms with E-state index in [4.69, 9.17) is 18.6 Å². The van der Waals surface area contributed by atoms with Crippen LogP contribution in [0.3, 0.4) is 0 Å². The lowest BCUT2D eigenvalue weighted by Crippen LogP contribution is -2.39. The van der Waals surface area contributed by atoms with Crippen molar-refractivity contribution in [2.75, 3.05) is 33.9 Å². The number of hydrogen-bond acceptors (Lipinski definition) is 5. The maximum atomic E-state index is 13.1. The first-order valence-electron chi connectivity index (χ1n) is 9.15. The number of likely N-dealkylation sites (N-methyl/N-ethyl adjacent to an activating group) is 1. The monoisotopic (exact) mass is 361 g/mol. The van der Waals surface area contributed by atoms with Crippen LogP contribution in [-0.4, -0.2) is 50.8 Å². The Bertz CT molecular complexity index is 776. The van der Waals surface area contributed by atoms with Gasteiger partial charge in [-0.3, -0.25) is 4.79 Å². The van der Waals surface area contributed by atoms with Crippen molar-refractivity contribution in [1.29, 1.82) is 0 Å². The van der Waals surface area contributed by atoms with Gasteiger partial charge in [-0.1, -0.05) is 0 Å². The molecule has 0 aliphatic carbocycles. The Morgan fingerprint density at radius 1 is 1.27 bits per heavy atom. The van der Waals surface area contributed by atoms with Crippen LogP contribution in [0.5, 0.6) is 11.5 Å². The first-order chi connectivity index (χ1) is 12.6. The Hall–Kier alpha value is -2.21. The highest BCUT2D eigenvalue weighted by molar-refractivity contribution is 6.00. The minimum atomic E-state index is -0.114. The van der Waals surface area contributed by atoms with Crippen LogP contribution >= 0.6 is 0 Å². The molecule has 1 aromatic carbocycles. The topological polar surface area (TPSA) is 61.1 Å². The number of furan rings is 1. The second-order valence-electron chi connectivity index (χ2n) is 6.57. The number of rotatable bonds is 6. The van der Waals surface area contributed by atoms with Crippen molar-refractivity contribution in [3.8, 4) is 11.5 Å². The highest BCUT2D eigenvalue weighted by Crippen LogP contribution is 2.39. The zero-order chi connectivity index (χ0) is 18.7. The number of fused-ring (bicyclic) bond motifs is 1. The molecule has 26 heavy (non-hydrogen) atoms. The molecule has 1 amide bonds. The van der Waals surface area contributed by atoms with Crippen LogP contribution < -0.4 is 9.47 Å². The molecule has 6 nitrogen and oxygen atoms in total. The number of amides is 1. The van der Waals surface area contributed by atoms with Gasteiger partial charge < -0.3 is 23.5 Å². The maximum Gasteiger partial charge on any atom is 0.289 e. The van der Waals surface area contributed by atoms with Crippen LogP contribution in [0.2, 0.25) is 0 Å². The normalized spacial score (nSPS) is 17.3. The van der Waals surface area contributed by atoms with E-state index in [1.165, 1.54) is 0 Å². The molecule has 1 aliphatic heterocycles. The van der Waals surface area contributed by atoms with Gasteiger partial charge in [0, 0.05) is 30.6 Å². The van der Waals surface area contributed by atoms with E-state index in [-0.39, 0.29) is 12.0 Å². The molecule has 0 spiro atoms. The molecule has 3 rings (SSSR count). The smallest absolute Gasteiger partial charge is 0.289 e. The molecular weight excluding hydrogens is 334 g/mol. The minimum absolute atomic E-state index is 0.104. The summed E-state index contributed by atoms with van der Waals surface area (Å²) in [5.74, 6) is 1.32. The van der Waals surface area contributed by atoms with Gasteiger partial charge in [-0.2, -0.15) is 0 Å². The lowest BCUT2D eigenvalue weighted by Gasteiger charge is -2.28. The Morgan fingerprint density at radius 2 is 2.08 bits per heavy atom. The van der Waals surface area contributed by atoms with Crippen molar-refractivity contribution in [2.45, 2.75) is 39.2 Å². The van der Waals surface area contributed by atoms with E-state index >= 15 is 0 Å². The Balaban J connectivity index is 1.92. The van der Waals surface area contributed by atoms with E-state index in [0.717, 1.165) is 36.8 Å². The quantitative estimate of drug-likeness (QED) is 0.783. The van der Waals surface area contributed by atoms with Crippen molar-refractivity contribution >= 4 is 16.9 Å². The first-order valence-corrected chi connectivity index (χ1v) is 9.15. The van der Waals surface area contributed by atoms with Gasteiger partial charge in [0.1, 0.15) is 0 Å². The zero-order valence-electron chi connectivity index (χ0n) is 16.0. The third kappa shape index (κ3) is 3.38. The van der Waals surface area contributed by atoms with Crippen LogP contribution in [0, 0.1) is 6.92 Å². The lowest BCUT2D eigenvalue weighted by atomic mass is 10.1. The van der Waals surface area contributed by atoms with E-state index in [2.05, 4.69) is 0 Å². The standard InChI is InChI=1S/C20H27NO5/c1-5-21(12-14-8-6-7-11-25-14)20(22)17-13(2)15-9-10-16(23-3)19(24-4)18(15)26-17/h9-10,14H,5-8,11-12H2,1-4H3/t14-/m0/s1. The number of aryl methyl sites for hydroxylation is 1. The summed E-state index contributed by atoms with van der Waals surface area (Å²) < 4.78 is 22.5. The zero-order valence-corrected chi connectivity index (χ0v) is 16.0. The summed E-state index contributed by atoms with van der Waals surface area (Å²) >= 11 is 0. The fourth-order valence-corrected chi connectivity index (χ4v) is 3.50. The fraction of sp³-hybridized carbons (Fsp3) is 0.550. The number of hydrogen-bond donors (Lipinski definition) is 0. The molecule has 1 saturated heterocycles. The summed E-state index contributed by atoms with van der Waals surface area (Å²) in [7, 11) is 3.14. The summed E-state index contributed by atoms with van der Waals surface area (Å²) in [4.78, 5) is 14.9. The third-order valence-electron chi connectivity index (χ3n) is 5.01. The van der Waals surface area contributed by atoms with Crippen LogP contribution in [0.1, 0.15) is 42.3 Å². The van der Waals surface area contributed by atoms with Gasteiger partial charge in [0.2, 0.25) is 5.75 Å². The molecule has 6 heteroatoms. The lowest BCUT2D eigenvalue weighted by molar-refractivity contribution is -0.00367. The van der Waals surface area contributed by atoms with Gasteiger partial charge in [0.15, 0.2) is 17.1 Å². The molecular formula is C20H27NO5. The summed E-state index contributed by atoms with van der Waals surface area (Å²) in [6.45, 7) is 5.84. The van der Waals surface area contributed by atoms with Gasteiger partial charge >= 0.3 is 0 Å². The largest absolute Gasteiger partial charge is 0.493 e. The Morgan fingerprint density at radius 3 is 2.69 bits per heavy atom. The predicted molar refractivity (Wildman–Crippen MR) is 99.2 cm³/mol. The molecule has 1 fully saturated rings. The molecule has 0 radical (unpaired) electrons. The van der Waals surface area contributed by atoms with E-state index < -0.39 is 0 Å². The highest BCUT2D eigenvalue weighted by atomic mass is 16.5. The van der Waals surface area contributed by atoms with Crippen molar-refractivity contribution in [3.05, 3.63) is 23.5 Å². The maximum absolute atomic E-state index is 13.1.